The Hall–Kier alpha value is -2.01. The number of hydrogen-bond donors (Lipinski definition) is 1. The molecule has 112 valence electrons. The zero-order valence-corrected chi connectivity index (χ0v) is 12.5. The third kappa shape index (κ3) is 3.36. The number of aromatic nitrogens is 2. The van der Waals surface area contributed by atoms with Crippen LogP contribution in [0, 0.1) is 0 Å². The van der Waals surface area contributed by atoms with Crippen LogP contribution in [0.15, 0.2) is 30.5 Å². The molecule has 0 atom stereocenters. The molecule has 1 amide bonds. The number of hydrogen-bond acceptors (Lipinski definition) is 4. The van der Waals surface area contributed by atoms with Gasteiger partial charge < -0.3 is 10.0 Å². The zero-order valence-electron chi connectivity index (χ0n) is 12.5. The van der Waals surface area contributed by atoms with Crippen LogP contribution in [0.2, 0.25) is 0 Å². The minimum atomic E-state index is -0.170. The fourth-order valence-electron chi connectivity index (χ4n) is 2.49. The number of benzene rings is 1. The lowest BCUT2D eigenvalue weighted by Crippen LogP contribution is -2.42. The fourth-order valence-corrected chi connectivity index (χ4v) is 2.49. The third-order valence-electron chi connectivity index (χ3n) is 3.65. The monoisotopic (exact) mass is 287 g/mol. The van der Waals surface area contributed by atoms with Crippen molar-refractivity contribution in [2.45, 2.75) is 32.7 Å². The largest absolute Gasteiger partial charge is 0.395 e. The average Bonchev–Trinajstić information content (AvgIpc) is 2.54. The van der Waals surface area contributed by atoms with Crippen molar-refractivity contribution in [2.75, 3.05) is 13.2 Å². The lowest BCUT2D eigenvalue weighted by molar-refractivity contribution is 0.0616. The number of nitrogens with zero attached hydrogens (tertiary/aromatic N) is 3. The Morgan fingerprint density at radius 3 is 2.52 bits per heavy atom. The molecule has 2 rings (SSSR count). The molecule has 5 heteroatoms. The molecular weight excluding hydrogens is 266 g/mol. The number of aliphatic hydroxyl groups excluding tert-OH is 1. The van der Waals surface area contributed by atoms with E-state index in [9.17, 15) is 9.90 Å². The van der Waals surface area contributed by atoms with E-state index in [1.165, 1.54) is 6.20 Å². The molecule has 1 aromatic carbocycles. The Balaban J connectivity index is 2.33. The van der Waals surface area contributed by atoms with E-state index in [0.29, 0.717) is 17.8 Å². The van der Waals surface area contributed by atoms with Crippen molar-refractivity contribution in [1.29, 1.82) is 0 Å². The van der Waals surface area contributed by atoms with Gasteiger partial charge in [0.1, 0.15) is 5.69 Å². The highest BCUT2D eigenvalue weighted by molar-refractivity contribution is 5.94. The Morgan fingerprint density at radius 1 is 1.24 bits per heavy atom. The SMILES string of the molecule is CCC(CC)N(CCO)C(=O)c1cnc2ccccc2n1. The summed E-state index contributed by atoms with van der Waals surface area (Å²) in [6.45, 7) is 4.35. The van der Waals surface area contributed by atoms with Gasteiger partial charge >= 0.3 is 0 Å². The molecule has 0 fully saturated rings. The van der Waals surface area contributed by atoms with Crippen molar-refractivity contribution < 1.29 is 9.90 Å². The Morgan fingerprint density at radius 2 is 1.90 bits per heavy atom. The average molecular weight is 287 g/mol. The molecule has 1 aromatic heterocycles. The molecule has 1 N–H and O–H groups in total. The Bertz CT molecular complexity index is 611. The predicted molar refractivity (Wildman–Crippen MR) is 82.0 cm³/mol. The van der Waals surface area contributed by atoms with Crippen LogP contribution in [0.3, 0.4) is 0 Å². The van der Waals surface area contributed by atoms with E-state index in [-0.39, 0.29) is 18.6 Å². The van der Waals surface area contributed by atoms with Crippen molar-refractivity contribution in [3.63, 3.8) is 0 Å². The Kier molecular flexibility index (Phi) is 5.22. The second-order valence-corrected chi connectivity index (χ2v) is 4.94. The molecule has 0 saturated heterocycles. The number of carbonyl (C=O) groups is 1. The van der Waals surface area contributed by atoms with Gasteiger partial charge in [-0.1, -0.05) is 26.0 Å². The van der Waals surface area contributed by atoms with E-state index in [1.807, 2.05) is 38.1 Å². The first-order valence-corrected chi connectivity index (χ1v) is 7.34. The summed E-state index contributed by atoms with van der Waals surface area (Å²) in [5, 5.41) is 9.21. The van der Waals surface area contributed by atoms with E-state index in [1.54, 1.807) is 4.90 Å². The van der Waals surface area contributed by atoms with E-state index < -0.39 is 0 Å². The van der Waals surface area contributed by atoms with Crippen LogP contribution in [0.25, 0.3) is 11.0 Å². The molecule has 0 radical (unpaired) electrons. The first-order chi connectivity index (χ1) is 10.2. The van der Waals surface area contributed by atoms with Gasteiger partial charge in [-0.05, 0) is 25.0 Å². The van der Waals surface area contributed by atoms with E-state index >= 15 is 0 Å². The summed E-state index contributed by atoms with van der Waals surface area (Å²) in [5.74, 6) is -0.170. The maximum absolute atomic E-state index is 12.7. The lowest BCUT2D eigenvalue weighted by atomic mass is 10.1. The van der Waals surface area contributed by atoms with Gasteiger partial charge in [-0.3, -0.25) is 9.78 Å². The second kappa shape index (κ2) is 7.13. The molecule has 0 spiro atoms. The van der Waals surface area contributed by atoms with E-state index in [2.05, 4.69) is 9.97 Å². The van der Waals surface area contributed by atoms with Crippen LogP contribution in [0.1, 0.15) is 37.2 Å². The number of fused-ring (bicyclic) bond motifs is 1. The van der Waals surface area contributed by atoms with Crippen LogP contribution in [-0.4, -0.2) is 45.1 Å². The van der Waals surface area contributed by atoms with Crippen molar-refractivity contribution in [2.24, 2.45) is 0 Å². The number of para-hydroxylation sites is 2. The molecule has 5 nitrogen and oxygen atoms in total. The summed E-state index contributed by atoms with van der Waals surface area (Å²) in [5.41, 5.74) is 1.80. The maximum atomic E-state index is 12.7. The lowest BCUT2D eigenvalue weighted by Gasteiger charge is -2.29. The quantitative estimate of drug-likeness (QED) is 0.885. The van der Waals surface area contributed by atoms with Crippen LogP contribution in [-0.2, 0) is 0 Å². The summed E-state index contributed by atoms with van der Waals surface area (Å²) < 4.78 is 0. The highest BCUT2D eigenvalue weighted by atomic mass is 16.3. The molecule has 0 aliphatic heterocycles. The number of rotatable bonds is 6. The standard InChI is InChI=1S/C16H21N3O2/c1-3-12(4-2)19(9-10-20)16(21)15-11-17-13-7-5-6-8-14(13)18-15/h5-8,11-12,20H,3-4,9-10H2,1-2H3. The summed E-state index contributed by atoms with van der Waals surface area (Å²) in [6.07, 6.45) is 3.21. The predicted octanol–water partition coefficient (Wildman–Crippen LogP) is 2.25. The molecule has 0 aliphatic carbocycles. The number of aliphatic hydroxyl groups is 1. The topological polar surface area (TPSA) is 66.3 Å². The molecule has 1 heterocycles. The van der Waals surface area contributed by atoms with E-state index in [0.717, 1.165) is 18.4 Å². The summed E-state index contributed by atoms with van der Waals surface area (Å²) in [6, 6.07) is 7.58. The third-order valence-corrected chi connectivity index (χ3v) is 3.65. The molecule has 21 heavy (non-hydrogen) atoms. The van der Waals surface area contributed by atoms with Gasteiger partial charge in [0.2, 0.25) is 0 Å². The van der Waals surface area contributed by atoms with Crippen molar-refractivity contribution in [3.8, 4) is 0 Å². The number of carbonyl (C=O) groups excluding carboxylic acids is 1. The van der Waals surface area contributed by atoms with Gasteiger partial charge in [0.15, 0.2) is 0 Å². The first-order valence-electron chi connectivity index (χ1n) is 7.34. The summed E-state index contributed by atoms with van der Waals surface area (Å²) in [7, 11) is 0. The summed E-state index contributed by atoms with van der Waals surface area (Å²) in [4.78, 5) is 23.0. The smallest absolute Gasteiger partial charge is 0.274 e. The highest BCUT2D eigenvalue weighted by Crippen LogP contribution is 2.14. The van der Waals surface area contributed by atoms with Gasteiger partial charge in [-0.25, -0.2) is 4.98 Å². The fraction of sp³-hybridized carbons (Fsp3) is 0.438. The van der Waals surface area contributed by atoms with Crippen LogP contribution in [0.5, 0.6) is 0 Å². The van der Waals surface area contributed by atoms with Gasteiger partial charge in [0.05, 0.1) is 23.8 Å². The van der Waals surface area contributed by atoms with Gasteiger partial charge in [-0.2, -0.15) is 0 Å². The van der Waals surface area contributed by atoms with Crippen molar-refractivity contribution in [3.05, 3.63) is 36.2 Å². The van der Waals surface area contributed by atoms with Crippen molar-refractivity contribution >= 4 is 16.9 Å². The normalized spacial score (nSPS) is 11.0. The van der Waals surface area contributed by atoms with E-state index in [4.69, 9.17) is 0 Å². The highest BCUT2D eigenvalue weighted by Gasteiger charge is 2.23. The molecule has 0 bridgehead atoms. The minimum Gasteiger partial charge on any atom is -0.395 e. The number of amides is 1. The van der Waals surface area contributed by atoms with Gasteiger partial charge in [-0.15, -0.1) is 0 Å². The molecule has 2 aromatic rings. The molecule has 0 aliphatic rings. The zero-order chi connectivity index (χ0) is 15.2. The van der Waals surface area contributed by atoms with Gasteiger partial charge in [0, 0.05) is 12.6 Å². The first kappa shape index (κ1) is 15.4. The maximum Gasteiger partial charge on any atom is 0.274 e. The second-order valence-electron chi connectivity index (χ2n) is 4.94. The van der Waals surface area contributed by atoms with Crippen LogP contribution < -0.4 is 0 Å². The van der Waals surface area contributed by atoms with Crippen molar-refractivity contribution in [1.82, 2.24) is 14.9 Å². The molecular formula is C16H21N3O2. The molecule has 0 unspecified atom stereocenters. The minimum absolute atomic E-state index is 0.0523. The molecule has 0 saturated carbocycles. The van der Waals surface area contributed by atoms with Crippen LogP contribution >= 0.6 is 0 Å². The Labute approximate surface area is 124 Å². The van der Waals surface area contributed by atoms with Crippen LogP contribution in [0.4, 0.5) is 0 Å². The van der Waals surface area contributed by atoms with Gasteiger partial charge in [0.25, 0.3) is 5.91 Å². The summed E-state index contributed by atoms with van der Waals surface area (Å²) >= 11 is 0.